The number of pyridine rings is 1. The summed E-state index contributed by atoms with van der Waals surface area (Å²) >= 11 is 0. The zero-order valence-electron chi connectivity index (χ0n) is 9.49. The number of anilines is 1. The van der Waals surface area contributed by atoms with E-state index in [-0.39, 0.29) is 5.91 Å². The second-order valence-electron chi connectivity index (χ2n) is 4.17. The molecule has 1 aliphatic carbocycles. The molecular formula is C12H17N3O. The zero-order valence-corrected chi connectivity index (χ0v) is 9.49. The summed E-state index contributed by atoms with van der Waals surface area (Å²) in [5.74, 6) is 1.59. The number of carbonyl (C=O) groups is 1. The van der Waals surface area contributed by atoms with Crippen molar-refractivity contribution in [2.45, 2.75) is 19.3 Å². The van der Waals surface area contributed by atoms with Gasteiger partial charge in [-0.25, -0.2) is 4.98 Å². The van der Waals surface area contributed by atoms with E-state index in [1.54, 1.807) is 25.4 Å². The number of hydrogen-bond acceptors (Lipinski definition) is 3. The van der Waals surface area contributed by atoms with E-state index >= 15 is 0 Å². The maximum atomic E-state index is 11.7. The van der Waals surface area contributed by atoms with Gasteiger partial charge in [0, 0.05) is 19.8 Å². The Kier molecular flexibility index (Phi) is 3.39. The van der Waals surface area contributed by atoms with Gasteiger partial charge in [0.1, 0.15) is 5.82 Å². The first-order valence-electron chi connectivity index (χ1n) is 5.71. The number of rotatable bonds is 5. The molecule has 4 heteroatoms. The van der Waals surface area contributed by atoms with Crippen LogP contribution in [-0.4, -0.2) is 24.5 Å². The van der Waals surface area contributed by atoms with Gasteiger partial charge in [0.2, 0.25) is 0 Å². The minimum atomic E-state index is -0.0317. The van der Waals surface area contributed by atoms with Crippen LogP contribution in [-0.2, 0) is 0 Å². The van der Waals surface area contributed by atoms with Gasteiger partial charge in [-0.3, -0.25) is 4.79 Å². The minimum absolute atomic E-state index is 0.0317. The summed E-state index contributed by atoms with van der Waals surface area (Å²) in [6.45, 7) is 0.775. The Morgan fingerprint density at radius 3 is 2.88 bits per heavy atom. The van der Waals surface area contributed by atoms with E-state index in [0.29, 0.717) is 5.56 Å². The second kappa shape index (κ2) is 4.96. The van der Waals surface area contributed by atoms with Gasteiger partial charge in [-0.2, -0.15) is 0 Å². The summed E-state index contributed by atoms with van der Waals surface area (Å²) in [5, 5.41) is 5.83. The van der Waals surface area contributed by atoms with Crippen molar-refractivity contribution >= 4 is 11.7 Å². The molecule has 1 amide bonds. The summed E-state index contributed by atoms with van der Waals surface area (Å²) in [6.07, 6.45) is 5.36. The van der Waals surface area contributed by atoms with Crippen molar-refractivity contribution in [3.8, 4) is 0 Å². The highest BCUT2D eigenvalue weighted by atomic mass is 16.1. The molecule has 0 atom stereocenters. The first-order chi connectivity index (χ1) is 7.79. The topological polar surface area (TPSA) is 54.0 Å². The molecule has 1 saturated carbocycles. The van der Waals surface area contributed by atoms with Crippen LogP contribution in [0.3, 0.4) is 0 Å². The van der Waals surface area contributed by atoms with Gasteiger partial charge in [-0.15, -0.1) is 0 Å². The summed E-state index contributed by atoms with van der Waals surface area (Å²) in [4.78, 5) is 15.8. The third-order valence-corrected chi connectivity index (χ3v) is 2.82. The van der Waals surface area contributed by atoms with Gasteiger partial charge in [-0.05, 0) is 24.5 Å². The summed E-state index contributed by atoms with van der Waals surface area (Å²) in [7, 11) is 1.80. The van der Waals surface area contributed by atoms with E-state index in [2.05, 4.69) is 15.6 Å². The SMILES string of the molecule is CNc1ccc(C(=O)NCCC2CC2)cn1. The van der Waals surface area contributed by atoms with Crippen molar-refractivity contribution in [3.05, 3.63) is 23.9 Å². The molecular weight excluding hydrogens is 202 g/mol. The molecule has 0 aromatic carbocycles. The lowest BCUT2D eigenvalue weighted by Crippen LogP contribution is -2.24. The Balaban J connectivity index is 1.81. The van der Waals surface area contributed by atoms with Gasteiger partial charge in [0.15, 0.2) is 0 Å². The van der Waals surface area contributed by atoms with Crippen LogP contribution in [0.2, 0.25) is 0 Å². The minimum Gasteiger partial charge on any atom is -0.373 e. The molecule has 4 nitrogen and oxygen atoms in total. The van der Waals surface area contributed by atoms with Gasteiger partial charge in [0.25, 0.3) is 5.91 Å². The number of aromatic nitrogens is 1. The van der Waals surface area contributed by atoms with Crippen molar-refractivity contribution in [2.24, 2.45) is 5.92 Å². The first-order valence-corrected chi connectivity index (χ1v) is 5.71. The molecule has 16 heavy (non-hydrogen) atoms. The van der Waals surface area contributed by atoms with Crippen LogP contribution in [0.25, 0.3) is 0 Å². The fourth-order valence-corrected chi connectivity index (χ4v) is 1.57. The smallest absolute Gasteiger partial charge is 0.252 e. The third-order valence-electron chi connectivity index (χ3n) is 2.82. The molecule has 0 aliphatic heterocycles. The first kappa shape index (κ1) is 10.9. The zero-order chi connectivity index (χ0) is 11.4. The highest BCUT2D eigenvalue weighted by Gasteiger charge is 2.20. The molecule has 86 valence electrons. The van der Waals surface area contributed by atoms with E-state index in [1.807, 2.05) is 0 Å². The fraction of sp³-hybridized carbons (Fsp3) is 0.500. The number of nitrogens with zero attached hydrogens (tertiary/aromatic N) is 1. The van der Waals surface area contributed by atoms with Crippen LogP contribution in [0.4, 0.5) is 5.82 Å². The molecule has 0 saturated heterocycles. The Bertz CT molecular complexity index is 357. The lowest BCUT2D eigenvalue weighted by Gasteiger charge is -2.05. The number of amides is 1. The molecule has 0 spiro atoms. The maximum Gasteiger partial charge on any atom is 0.252 e. The highest BCUT2D eigenvalue weighted by molar-refractivity contribution is 5.93. The van der Waals surface area contributed by atoms with Gasteiger partial charge >= 0.3 is 0 Å². The molecule has 1 fully saturated rings. The van der Waals surface area contributed by atoms with Crippen LogP contribution >= 0.6 is 0 Å². The highest BCUT2D eigenvalue weighted by Crippen LogP contribution is 2.31. The predicted molar refractivity (Wildman–Crippen MR) is 63.5 cm³/mol. The van der Waals surface area contributed by atoms with E-state index in [4.69, 9.17) is 0 Å². The maximum absolute atomic E-state index is 11.7. The monoisotopic (exact) mass is 219 g/mol. The van der Waals surface area contributed by atoms with Crippen molar-refractivity contribution in [1.29, 1.82) is 0 Å². The third kappa shape index (κ3) is 2.95. The van der Waals surface area contributed by atoms with E-state index < -0.39 is 0 Å². The Hall–Kier alpha value is -1.58. The van der Waals surface area contributed by atoms with Crippen LogP contribution in [0, 0.1) is 5.92 Å². The Morgan fingerprint density at radius 2 is 2.31 bits per heavy atom. The molecule has 2 N–H and O–H groups in total. The number of nitrogens with one attached hydrogen (secondary N) is 2. The van der Waals surface area contributed by atoms with Gasteiger partial charge in [0.05, 0.1) is 5.56 Å². The van der Waals surface area contributed by atoms with E-state index in [9.17, 15) is 4.79 Å². The van der Waals surface area contributed by atoms with Crippen LogP contribution in [0.1, 0.15) is 29.6 Å². The van der Waals surface area contributed by atoms with Crippen LogP contribution in [0.15, 0.2) is 18.3 Å². The van der Waals surface area contributed by atoms with Gasteiger partial charge < -0.3 is 10.6 Å². The molecule has 0 unspecified atom stereocenters. The number of hydrogen-bond donors (Lipinski definition) is 2. The molecule has 1 heterocycles. The van der Waals surface area contributed by atoms with Crippen molar-refractivity contribution < 1.29 is 4.79 Å². The molecule has 0 radical (unpaired) electrons. The Morgan fingerprint density at radius 1 is 1.50 bits per heavy atom. The predicted octanol–water partition coefficient (Wildman–Crippen LogP) is 1.65. The molecule has 1 aliphatic rings. The molecule has 1 aromatic heterocycles. The quantitative estimate of drug-likeness (QED) is 0.791. The van der Waals surface area contributed by atoms with Crippen molar-refractivity contribution in [3.63, 3.8) is 0 Å². The average molecular weight is 219 g/mol. The van der Waals surface area contributed by atoms with Crippen molar-refractivity contribution in [1.82, 2.24) is 10.3 Å². The molecule has 1 aromatic rings. The lowest BCUT2D eigenvalue weighted by molar-refractivity contribution is 0.0952. The second-order valence-corrected chi connectivity index (χ2v) is 4.17. The Labute approximate surface area is 95.5 Å². The largest absolute Gasteiger partial charge is 0.373 e. The summed E-state index contributed by atoms with van der Waals surface area (Å²) in [5.41, 5.74) is 0.620. The fourth-order valence-electron chi connectivity index (χ4n) is 1.57. The lowest BCUT2D eigenvalue weighted by atomic mass is 10.2. The van der Waals surface area contributed by atoms with Crippen LogP contribution in [0.5, 0.6) is 0 Å². The normalized spacial score (nSPS) is 14.6. The summed E-state index contributed by atoms with van der Waals surface area (Å²) in [6, 6.07) is 3.58. The van der Waals surface area contributed by atoms with E-state index in [0.717, 1.165) is 24.7 Å². The van der Waals surface area contributed by atoms with E-state index in [1.165, 1.54) is 12.8 Å². The van der Waals surface area contributed by atoms with Crippen LogP contribution < -0.4 is 10.6 Å². The summed E-state index contributed by atoms with van der Waals surface area (Å²) < 4.78 is 0. The van der Waals surface area contributed by atoms with Crippen molar-refractivity contribution in [2.75, 3.05) is 18.9 Å². The molecule has 0 bridgehead atoms. The number of carbonyl (C=O) groups excluding carboxylic acids is 1. The van der Waals surface area contributed by atoms with Gasteiger partial charge in [-0.1, -0.05) is 12.8 Å². The average Bonchev–Trinajstić information content (AvgIpc) is 3.13. The molecule has 2 rings (SSSR count). The standard InChI is InChI=1S/C12H17N3O/c1-13-11-5-4-10(8-15-11)12(16)14-7-6-9-2-3-9/h4-5,8-9H,2-3,6-7H2,1H3,(H,13,15)(H,14,16).